The maximum absolute atomic E-state index is 12.1. The highest BCUT2D eigenvalue weighted by atomic mass is 32.2. The van der Waals surface area contributed by atoms with Crippen molar-refractivity contribution >= 4 is 15.7 Å². The van der Waals surface area contributed by atoms with Crippen molar-refractivity contribution in [2.75, 3.05) is 12.3 Å². The van der Waals surface area contributed by atoms with Crippen LogP contribution in [0.1, 0.15) is 17.8 Å². The predicted octanol–water partition coefficient (Wildman–Crippen LogP) is 0.846. The molecule has 0 amide bonds. The summed E-state index contributed by atoms with van der Waals surface area (Å²) in [6, 6.07) is 3.45. The van der Waals surface area contributed by atoms with Gasteiger partial charge in [0, 0.05) is 31.2 Å². The molecule has 8 heteroatoms. The first-order valence-electron chi connectivity index (χ1n) is 6.60. The normalized spacial score (nSPS) is 11.7. The zero-order chi connectivity index (χ0) is 15.5. The van der Waals surface area contributed by atoms with Crippen LogP contribution in [-0.2, 0) is 16.6 Å². The number of pyridine rings is 1. The summed E-state index contributed by atoms with van der Waals surface area (Å²) in [6.45, 7) is 4.87. The number of aryl methyl sites for hydroxylation is 3. The van der Waals surface area contributed by atoms with E-state index in [0.717, 1.165) is 11.4 Å². The van der Waals surface area contributed by atoms with Crippen molar-refractivity contribution in [2.24, 2.45) is 0 Å². The Morgan fingerprint density at radius 2 is 2.14 bits per heavy atom. The van der Waals surface area contributed by atoms with Gasteiger partial charge in [-0.15, -0.1) is 0 Å². The fourth-order valence-corrected chi connectivity index (χ4v) is 3.18. The Kier molecular flexibility index (Phi) is 4.59. The Labute approximate surface area is 124 Å². The van der Waals surface area contributed by atoms with E-state index in [2.05, 4.69) is 14.8 Å². The molecular weight excluding hydrogens is 290 g/mol. The third-order valence-electron chi connectivity index (χ3n) is 3.05. The van der Waals surface area contributed by atoms with Crippen molar-refractivity contribution in [1.82, 2.24) is 19.5 Å². The molecule has 0 radical (unpaired) electrons. The Morgan fingerprint density at radius 1 is 1.38 bits per heavy atom. The smallest absolute Gasteiger partial charge is 0.244 e. The van der Waals surface area contributed by atoms with Crippen LogP contribution >= 0.6 is 0 Å². The van der Waals surface area contributed by atoms with Gasteiger partial charge in [-0.05, 0) is 32.4 Å². The molecule has 114 valence electrons. The van der Waals surface area contributed by atoms with E-state index in [1.54, 1.807) is 0 Å². The first-order valence-corrected chi connectivity index (χ1v) is 8.08. The van der Waals surface area contributed by atoms with E-state index in [9.17, 15) is 8.42 Å². The molecule has 2 aromatic heterocycles. The monoisotopic (exact) mass is 309 g/mol. The lowest BCUT2D eigenvalue weighted by Crippen LogP contribution is -2.26. The van der Waals surface area contributed by atoms with Gasteiger partial charge in [0.15, 0.2) is 0 Å². The summed E-state index contributed by atoms with van der Waals surface area (Å²) >= 11 is 0. The van der Waals surface area contributed by atoms with E-state index in [1.165, 1.54) is 18.5 Å². The Bertz CT molecular complexity index is 724. The van der Waals surface area contributed by atoms with Gasteiger partial charge >= 0.3 is 0 Å². The van der Waals surface area contributed by atoms with E-state index in [4.69, 9.17) is 5.73 Å². The SMILES string of the molecule is Cc1cc(C)n(CCCNS(=O)(=O)c2cnccc2N)n1. The minimum Gasteiger partial charge on any atom is -0.398 e. The van der Waals surface area contributed by atoms with Crippen LogP contribution < -0.4 is 10.5 Å². The van der Waals surface area contributed by atoms with Crippen LogP contribution in [0, 0.1) is 13.8 Å². The van der Waals surface area contributed by atoms with Gasteiger partial charge < -0.3 is 5.73 Å². The average molecular weight is 309 g/mol. The van der Waals surface area contributed by atoms with Crippen molar-refractivity contribution in [1.29, 1.82) is 0 Å². The number of hydrogen-bond donors (Lipinski definition) is 2. The molecule has 0 spiro atoms. The minimum absolute atomic E-state index is 0.0103. The highest BCUT2D eigenvalue weighted by Crippen LogP contribution is 2.15. The number of rotatable bonds is 6. The Balaban J connectivity index is 1.91. The molecule has 2 rings (SSSR count). The highest BCUT2D eigenvalue weighted by molar-refractivity contribution is 7.89. The average Bonchev–Trinajstić information content (AvgIpc) is 2.73. The third-order valence-corrected chi connectivity index (χ3v) is 4.55. The Morgan fingerprint density at radius 3 is 2.76 bits per heavy atom. The zero-order valence-corrected chi connectivity index (χ0v) is 12.9. The summed E-state index contributed by atoms with van der Waals surface area (Å²) < 4.78 is 28.6. The molecule has 7 nitrogen and oxygen atoms in total. The standard InChI is InChI=1S/C13H19N5O2S/c1-10-8-11(2)18(17-10)7-3-5-16-21(19,20)13-9-15-6-4-12(13)14/h4,6,8-9,16H,3,5,7H2,1-2H3,(H2,14,15). The number of nitrogens with zero attached hydrogens (tertiary/aromatic N) is 3. The van der Waals surface area contributed by atoms with Gasteiger partial charge in [-0.3, -0.25) is 9.67 Å². The molecule has 21 heavy (non-hydrogen) atoms. The highest BCUT2D eigenvalue weighted by Gasteiger charge is 2.16. The topological polar surface area (TPSA) is 103 Å². The molecule has 2 aromatic rings. The second-order valence-electron chi connectivity index (χ2n) is 4.82. The molecule has 0 fully saturated rings. The molecule has 0 atom stereocenters. The molecule has 2 heterocycles. The summed E-state index contributed by atoms with van der Waals surface area (Å²) in [5, 5.41) is 4.33. The minimum atomic E-state index is -3.62. The van der Waals surface area contributed by atoms with Crippen molar-refractivity contribution in [2.45, 2.75) is 31.7 Å². The van der Waals surface area contributed by atoms with E-state index < -0.39 is 10.0 Å². The van der Waals surface area contributed by atoms with Gasteiger partial charge in [0.2, 0.25) is 10.0 Å². The molecule has 0 aliphatic rings. The molecular formula is C13H19N5O2S. The number of nitrogen functional groups attached to an aromatic ring is 1. The van der Waals surface area contributed by atoms with Gasteiger partial charge in [-0.25, -0.2) is 13.1 Å². The molecule has 0 aliphatic carbocycles. The molecule has 3 N–H and O–H groups in total. The number of hydrogen-bond acceptors (Lipinski definition) is 5. The van der Waals surface area contributed by atoms with Crippen LogP contribution in [0.4, 0.5) is 5.69 Å². The lowest BCUT2D eigenvalue weighted by Gasteiger charge is -2.09. The van der Waals surface area contributed by atoms with Crippen molar-refractivity contribution in [3.05, 3.63) is 35.9 Å². The van der Waals surface area contributed by atoms with E-state index in [1.807, 2.05) is 24.6 Å². The van der Waals surface area contributed by atoms with Crippen LogP contribution in [0.25, 0.3) is 0 Å². The van der Waals surface area contributed by atoms with E-state index in [0.29, 0.717) is 19.5 Å². The van der Waals surface area contributed by atoms with Crippen LogP contribution in [0.3, 0.4) is 0 Å². The summed E-state index contributed by atoms with van der Waals surface area (Å²) in [6.07, 6.45) is 3.34. The van der Waals surface area contributed by atoms with Crippen LogP contribution in [0.15, 0.2) is 29.4 Å². The molecule has 0 saturated carbocycles. The maximum Gasteiger partial charge on any atom is 0.244 e. The fourth-order valence-electron chi connectivity index (χ4n) is 2.03. The number of sulfonamides is 1. The maximum atomic E-state index is 12.1. The van der Waals surface area contributed by atoms with Gasteiger partial charge in [0.1, 0.15) is 4.90 Å². The molecule has 0 aliphatic heterocycles. The second-order valence-corrected chi connectivity index (χ2v) is 6.55. The number of nitrogens with one attached hydrogen (secondary N) is 1. The summed E-state index contributed by atoms with van der Waals surface area (Å²) in [5.74, 6) is 0. The van der Waals surface area contributed by atoms with Crippen molar-refractivity contribution in [3.63, 3.8) is 0 Å². The van der Waals surface area contributed by atoms with Crippen molar-refractivity contribution in [3.8, 4) is 0 Å². The van der Waals surface area contributed by atoms with Crippen LogP contribution in [0.5, 0.6) is 0 Å². The zero-order valence-electron chi connectivity index (χ0n) is 12.1. The van der Waals surface area contributed by atoms with Gasteiger partial charge in [0.25, 0.3) is 0 Å². The number of aromatic nitrogens is 3. The fraction of sp³-hybridized carbons (Fsp3) is 0.385. The lowest BCUT2D eigenvalue weighted by molar-refractivity contribution is 0.544. The van der Waals surface area contributed by atoms with Crippen LogP contribution in [0.2, 0.25) is 0 Å². The largest absolute Gasteiger partial charge is 0.398 e. The molecule has 0 saturated heterocycles. The Hall–Kier alpha value is -1.93. The van der Waals surface area contributed by atoms with Gasteiger partial charge in [-0.2, -0.15) is 5.10 Å². The number of nitrogens with two attached hydrogens (primary N) is 1. The van der Waals surface area contributed by atoms with E-state index in [-0.39, 0.29) is 10.6 Å². The summed E-state index contributed by atoms with van der Waals surface area (Å²) in [4.78, 5) is 3.80. The quantitative estimate of drug-likeness (QED) is 0.770. The molecule has 0 aromatic carbocycles. The summed E-state index contributed by atoms with van der Waals surface area (Å²) in [5.41, 5.74) is 7.86. The van der Waals surface area contributed by atoms with Gasteiger partial charge in [0.05, 0.1) is 11.4 Å². The van der Waals surface area contributed by atoms with E-state index >= 15 is 0 Å². The van der Waals surface area contributed by atoms with Crippen molar-refractivity contribution < 1.29 is 8.42 Å². The first kappa shape index (κ1) is 15.5. The van der Waals surface area contributed by atoms with Gasteiger partial charge in [-0.1, -0.05) is 0 Å². The van der Waals surface area contributed by atoms with Crippen LogP contribution in [-0.4, -0.2) is 29.7 Å². The number of anilines is 1. The third kappa shape index (κ3) is 3.79. The lowest BCUT2D eigenvalue weighted by atomic mass is 10.4. The first-order chi connectivity index (χ1) is 9.90. The second kappa shape index (κ2) is 6.23. The molecule has 0 bridgehead atoms. The summed E-state index contributed by atoms with van der Waals surface area (Å²) in [7, 11) is -3.62. The molecule has 0 unspecified atom stereocenters. The predicted molar refractivity (Wildman–Crippen MR) is 80.2 cm³/mol.